The summed E-state index contributed by atoms with van der Waals surface area (Å²) in [6.45, 7) is 0.104. The lowest BCUT2D eigenvalue weighted by molar-refractivity contribution is 0.281. The predicted molar refractivity (Wildman–Crippen MR) is 81.0 cm³/mol. The van der Waals surface area contributed by atoms with E-state index >= 15 is 0 Å². The molecule has 0 bridgehead atoms. The van der Waals surface area contributed by atoms with Crippen LogP contribution in [-0.4, -0.2) is 15.0 Å². The summed E-state index contributed by atoms with van der Waals surface area (Å²) >= 11 is 12.1. The first-order chi connectivity index (χ1) is 10.1. The number of halogens is 2. The Hall–Kier alpha value is -2.11. The number of pyridine rings is 1. The van der Waals surface area contributed by atoms with E-state index in [-0.39, 0.29) is 18.2 Å². The summed E-state index contributed by atoms with van der Waals surface area (Å²) in [5.74, 6) is 0. The molecule has 21 heavy (non-hydrogen) atoms. The van der Waals surface area contributed by atoms with E-state index in [0.29, 0.717) is 26.5 Å². The van der Waals surface area contributed by atoms with Gasteiger partial charge in [-0.1, -0.05) is 29.3 Å². The first-order valence-electron chi connectivity index (χ1n) is 6.05. The molecule has 1 N–H and O–H groups in total. The molecule has 3 aromatic rings. The molecule has 2 aromatic heterocycles. The van der Waals surface area contributed by atoms with Gasteiger partial charge in [0, 0.05) is 21.8 Å². The van der Waals surface area contributed by atoms with Gasteiger partial charge in [0.25, 0.3) is 11.6 Å². The third-order valence-electron chi connectivity index (χ3n) is 2.90. The van der Waals surface area contributed by atoms with E-state index in [9.17, 15) is 4.79 Å². The molecule has 0 spiro atoms. The number of hydrogen-bond donors (Lipinski definition) is 1. The third kappa shape index (κ3) is 2.84. The highest BCUT2D eigenvalue weighted by Gasteiger charge is 2.09. The molecule has 0 saturated carbocycles. The summed E-state index contributed by atoms with van der Waals surface area (Å²) in [4.78, 5) is 22.6. The number of H-pyrrole nitrogens is 1. The van der Waals surface area contributed by atoms with Crippen LogP contribution in [0.2, 0.25) is 10.0 Å². The summed E-state index contributed by atoms with van der Waals surface area (Å²) < 4.78 is 5.48. The quantitative estimate of drug-likeness (QED) is 0.804. The molecule has 0 aliphatic heterocycles. The van der Waals surface area contributed by atoms with Crippen molar-refractivity contribution in [2.45, 2.75) is 6.61 Å². The molecule has 0 atom stereocenters. The van der Waals surface area contributed by atoms with E-state index in [0.717, 1.165) is 0 Å². The molecule has 0 amide bonds. The fourth-order valence-electron chi connectivity index (χ4n) is 1.85. The van der Waals surface area contributed by atoms with Crippen LogP contribution < -0.4 is 10.3 Å². The number of hydrogen-bond acceptors (Lipinski definition) is 4. The zero-order valence-corrected chi connectivity index (χ0v) is 12.1. The highest BCUT2D eigenvalue weighted by atomic mass is 35.5. The second kappa shape index (κ2) is 5.71. The summed E-state index contributed by atoms with van der Waals surface area (Å²) in [7, 11) is 0. The SMILES string of the molecule is O=c1[nH]c(OCc2c(Cl)cccc2Cl)nc2cnccc12. The van der Waals surface area contributed by atoms with Gasteiger partial charge in [0.2, 0.25) is 0 Å². The molecule has 106 valence electrons. The number of nitrogens with one attached hydrogen (secondary N) is 1. The van der Waals surface area contributed by atoms with Gasteiger partial charge in [-0.3, -0.25) is 14.8 Å². The van der Waals surface area contributed by atoms with Gasteiger partial charge in [-0.15, -0.1) is 0 Å². The smallest absolute Gasteiger partial charge is 0.297 e. The monoisotopic (exact) mass is 321 g/mol. The maximum absolute atomic E-state index is 11.9. The maximum Gasteiger partial charge on any atom is 0.297 e. The molecule has 0 unspecified atom stereocenters. The Morgan fingerprint density at radius 1 is 1.19 bits per heavy atom. The van der Waals surface area contributed by atoms with E-state index < -0.39 is 0 Å². The van der Waals surface area contributed by atoms with Gasteiger partial charge in [0.1, 0.15) is 6.61 Å². The van der Waals surface area contributed by atoms with Crippen molar-refractivity contribution in [1.29, 1.82) is 0 Å². The zero-order chi connectivity index (χ0) is 14.8. The minimum absolute atomic E-state index is 0.0940. The van der Waals surface area contributed by atoms with Gasteiger partial charge >= 0.3 is 0 Å². The second-order valence-electron chi connectivity index (χ2n) is 4.25. The van der Waals surface area contributed by atoms with Crippen LogP contribution in [0.5, 0.6) is 6.01 Å². The number of ether oxygens (including phenoxy) is 1. The molecule has 5 nitrogen and oxygen atoms in total. The first kappa shape index (κ1) is 13.9. The summed E-state index contributed by atoms with van der Waals surface area (Å²) in [5.41, 5.74) is 0.805. The standard InChI is InChI=1S/C14H9Cl2N3O2/c15-10-2-1-3-11(16)9(10)7-21-14-18-12-6-17-5-4-8(12)13(20)19-14/h1-6H,7H2,(H,18,19,20). The molecule has 0 saturated heterocycles. The number of aromatic amines is 1. The van der Waals surface area contributed by atoms with Gasteiger partial charge in [0.05, 0.1) is 17.1 Å². The number of fused-ring (bicyclic) bond motifs is 1. The molecule has 1 aromatic carbocycles. The molecular formula is C14H9Cl2N3O2. The third-order valence-corrected chi connectivity index (χ3v) is 3.61. The molecule has 0 fully saturated rings. The normalized spacial score (nSPS) is 10.8. The Balaban J connectivity index is 1.91. The van der Waals surface area contributed by atoms with Crippen LogP contribution in [0.25, 0.3) is 10.9 Å². The van der Waals surface area contributed by atoms with E-state index in [4.69, 9.17) is 27.9 Å². The topological polar surface area (TPSA) is 67.9 Å². The summed E-state index contributed by atoms with van der Waals surface area (Å²) in [6.07, 6.45) is 3.03. The Morgan fingerprint density at radius 3 is 2.71 bits per heavy atom. The first-order valence-corrected chi connectivity index (χ1v) is 6.80. The van der Waals surface area contributed by atoms with Crippen LogP contribution in [0.3, 0.4) is 0 Å². The number of aromatic nitrogens is 3. The van der Waals surface area contributed by atoms with E-state index in [1.54, 1.807) is 24.3 Å². The van der Waals surface area contributed by atoms with Crippen molar-refractivity contribution >= 4 is 34.1 Å². The van der Waals surface area contributed by atoms with E-state index in [1.165, 1.54) is 12.4 Å². The van der Waals surface area contributed by atoms with Crippen LogP contribution in [0.15, 0.2) is 41.5 Å². The van der Waals surface area contributed by atoms with Gasteiger partial charge in [0.15, 0.2) is 0 Å². The summed E-state index contributed by atoms with van der Waals surface area (Å²) in [6, 6.07) is 6.86. The Morgan fingerprint density at radius 2 is 1.95 bits per heavy atom. The lowest BCUT2D eigenvalue weighted by atomic mass is 10.2. The maximum atomic E-state index is 11.9. The number of rotatable bonds is 3. The second-order valence-corrected chi connectivity index (χ2v) is 5.07. The highest BCUT2D eigenvalue weighted by molar-refractivity contribution is 6.35. The lowest BCUT2D eigenvalue weighted by Crippen LogP contribution is -2.11. The van der Waals surface area contributed by atoms with Crippen LogP contribution in [-0.2, 0) is 6.61 Å². The van der Waals surface area contributed by atoms with Crippen molar-refractivity contribution in [3.8, 4) is 6.01 Å². The average molecular weight is 322 g/mol. The summed E-state index contributed by atoms with van der Waals surface area (Å²) in [5, 5.41) is 1.44. The molecular weight excluding hydrogens is 313 g/mol. The highest BCUT2D eigenvalue weighted by Crippen LogP contribution is 2.25. The van der Waals surface area contributed by atoms with Crippen LogP contribution in [0, 0.1) is 0 Å². The average Bonchev–Trinajstić information content (AvgIpc) is 2.47. The zero-order valence-electron chi connectivity index (χ0n) is 10.6. The van der Waals surface area contributed by atoms with Crippen molar-refractivity contribution in [2.75, 3.05) is 0 Å². The van der Waals surface area contributed by atoms with Crippen LogP contribution in [0.4, 0.5) is 0 Å². The van der Waals surface area contributed by atoms with Gasteiger partial charge in [-0.2, -0.15) is 4.98 Å². The minimum Gasteiger partial charge on any atom is -0.460 e. The van der Waals surface area contributed by atoms with Crippen LogP contribution >= 0.6 is 23.2 Å². The lowest BCUT2D eigenvalue weighted by Gasteiger charge is -2.08. The molecule has 2 heterocycles. The van der Waals surface area contributed by atoms with Crippen LogP contribution in [0.1, 0.15) is 5.56 Å². The van der Waals surface area contributed by atoms with Gasteiger partial charge in [-0.25, -0.2) is 0 Å². The van der Waals surface area contributed by atoms with Crippen molar-refractivity contribution < 1.29 is 4.74 Å². The van der Waals surface area contributed by atoms with Gasteiger partial charge < -0.3 is 4.74 Å². The number of benzene rings is 1. The minimum atomic E-state index is -0.289. The molecule has 0 aliphatic rings. The Labute approximate surface area is 129 Å². The Kier molecular flexibility index (Phi) is 3.77. The van der Waals surface area contributed by atoms with E-state index in [2.05, 4.69) is 15.0 Å². The van der Waals surface area contributed by atoms with Crippen molar-refractivity contribution in [2.24, 2.45) is 0 Å². The molecule has 3 rings (SSSR count). The molecule has 7 heteroatoms. The molecule has 0 radical (unpaired) electrons. The fourth-order valence-corrected chi connectivity index (χ4v) is 2.35. The van der Waals surface area contributed by atoms with Crippen molar-refractivity contribution in [1.82, 2.24) is 15.0 Å². The fraction of sp³-hybridized carbons (Fsp3) is 0.0714. The van der Waals surface area contributed by atoms with Crippen molar-refractivity contribution in [3.05, 3.63) is 62.6 Å². The predicted octanol–water partition coefficient (Wildman–Crippen LogP) is 3.20. The van der Waals surface area contributed by atoms with E-state index in [1.807, 2.05) is 0 Å². The largest absolute Gasteiger partial charge is 0.460 e. The molecule has 0 aliphatic carbocycles. The van der Waals surface area contributed by atoms with Gasteiger partial charge in [-0.05, 0) is 18.2 Å². The Bertz CT molecular complexity index is 844. The van der Waals surface area contributed by atoms with Crippen molar-refractivity contribution in [3.63, 3.8) is 0 Å². The number of nitrogens with zero attached hydrogens (tertiary/aromatic N) is 2.